The van der Waals surface area contributed by atoms with Gasteiger partial charge in [-0.25, -0.2) is 0 Å². The van der Waals surface area contributed by atoms with Crippen LogP contribution in [-0.4, -0.2) is 8.07 Å². The smallest absolute Gasteiger partial charge is 0.0442 e. The first kappa shape index (κ1) is 12.3. The highest BCUT2D eigenvalue weighted by Crippen LogP contribution is 2.28. The number of rotatable bonds is 5. The highest BCUT2D eigenvalue weighted by Gasteiger charge is 2.15. The first-order chi connectivity index (χ1) is 6.58. The van der Waals surface area contributed by atoms with Gasteiger partial charge in [0.15, 0.2) is 0 Å². The molecular weight excluding hydrogens is 184 g/mol. The SMILES string of the molecule is C[Si](C)(C)CCCCC1CCCCC1. The zero-order valence-corrected chi connectivity index (χ0v) is 11.4. The van der Waals surface area contributed by atoms with E-state index in [0.29, 0.717) is 0 Å². The standard InChI is InChI=1S/C13H28Si/c1-14(2,3)12-8-7-11-13-9-5-4-6-10-13/h13H,4-12H2,1-3H3. The molecule has 0 nitrogen and oxygen atoms in total. The molecule has 0 heterocycles. The van der Waals surface area contributed by atoms with E-state index >= 15 is 0 Å². The summed E-state index contributed by atoms with van der Waals surface area (Å²) in [6.07, 6.45) is 12.1. The van der Waals surface area contributed by atoms with Crippen molar-refractivity contribution in [2.45, 2.75) is 77.1 Å². The van der Waals surface area contributed by atoms with E-state index in [-0.39, 0.29) is 0 Å². The number of hydrogen-bond donors (Lipinski definition) is 0. The van der Waals surface area contributed by atoms with Gasteiger partial charge in [-0.2, -0.15) is 0 Å². The van der Waals surface area contributed by atoms with Gasteiger partial charge in [0, 0.05) is 8.07 Å². The van der Waals surface area contributed by atoms with Crippen molar-refractivity contribution in [3.05, 3.63) is 0 Å². The Morgan fingerprint density at radius 2 is 1.57 bits per heavy atom. The second-order valence-corrected chi connectivity index (χ2v) is 11.9. The van der Waals surface area contributed by atoms with Crippen LogP contribution in [0.25, 0.3) is 0 Å². The Balaban J connectivity index is 1.97. The summed E-state index contributed by atoms with van der Waals surface area (Å²) in [5, 5.41) is 0. The Labute approximate surface area is 91.5 Å². The van der Waals surface area contributed by atoms with Crippen molar-refractivity contribution in [1.82, 2.24) is 0 Å². The Morgan fingerprint density at radius 1 is 0.929 bits per heavy atom. The molecule has 0 N–H and O–H groups in total. The minimum absolute atomic E-state index is 0.744. The summed E-state index contributed by atoms with van der Waals surface area (Å²) in [6.45, 7) is 7.48. The molecule has 0 aliphatic heterocycles. The summed E-state index contributed by atoms with van der Waals surface area (Å²) < 4.78 is 0. The van der Waals surface area contributed by atoms with Crippen LogP contribution in [0.2, 0.25) is 25.7 Å². The fraction of sp³-hybridized carbons (Fsp3) is 1.00. The molecule has 0 bridgehead atoms. The van der Waals surface area contributed by atoms with Crippen molar-refractivity contribution >= 4 is 8.07 Å². The molecule has 0 saturated heterocycles. The molecule has 0 spiro atoms. The van der Waals surface area contributed by atoms with Gasteiger partial charge in [-0.3, -0.25) is 0 Å². The Hall–Kier alpha value is 0.217. The molecule has 0 aromatic heterocycles. The highest BCUT2D eigenvalue weighted by atomic mass is 28.3. The molecule has 0 aromatic carbocycles. The molecule has 1 rings (SSSR count). The highest BCUT2D eigenvalue weighted by molar-refractivity contribution is 6.76. The van der Waals surface area contributed by atoms with Crippen molar-refractivity contribution in [2.75, 3.05) is 0 Å². The lowest BCUT2D eigenvalue weighted by Crippen LogP contribution is -2.18. The second kappa shape index (κ2) is 5.94. The summed E-state index contributed by atoms with van der Waals surface area (Å²) in [6, 6.07) is 1.54. The van der Waals surface area contributed by atoms with Crippen LogP contribution in [0.1, 0.15) is 51.4 Å². The van der Waals surface area contributed by atoms with Crippen LogP contribution in [0.4, 0.5) is 0 Å². The number of unbranched alkanes of at least 4 members (excludes halogenated alkanes) is 1. The summed E-state index contributed by atoms with van der Waals surface area (Å²) in [4.78, 5) is 0. The summed E-state index contributed by atoms with van der Waals surface area (Å²) >= 11 is 0. The third-order valence-electron chi connectivity index (χ3n) is 3.51. The van der Waals surface area contributed by atoms with Gasteiger partial charge >= 0.3 is 0 Å². The van der Waals surface area contributed by atoms with Gasteiger partial charge in [0.05, 0.1) is 0 Å². The molecule has 1 fully saturated rings. The van der Waals surface area contributed by atoms with Gasteiger partial charge in [-0.05, 0) is 5.92 Å². The van der Waals surface area contributed by atoms with E-state index in [0.717, 1.165) is 5.92 Å². The van der Waals surface area contributed by atoms with Crippen LogP contribution in [0.5, 0.6) is 0 Å². The molecule has 0 atom stereocenters. The fourth-order valence-electron chi connectivity index (χ4n) is 2.56. The van der Waals surface area contributed by atoms with Gasteiger partial charge in [-0.15, -0.1) is 0 Å². The van der Waals surface area contributed by atoms with Crippen molar-refractivity contribution in [3.8, 4) is 0 Å². The van der Waals surface area contributed by atoms with Crippen LogP contribution < -0.4 is 0 Å². The zero-order valence-electron chi connectivity index (χ0n) is 10.4. The Kier molecular flexibility index (Phi) is 5.22. The average molecular weight is 212 g/mol. The molecule has 0 radical (unpaired) electrons. The molecule has 1 aliphatic carbocycles. The van der Waals surface area contributed by atoms with Crippen LogP contribution in [-0.2, 0) is 0 Å². The van der Waals surface area contributed by atoms with E-state index < -0.39 is 8.07 Å². The predicted molar refractivity (Wildman–Crippen MR) is 68.6 cm³/mol. The maximum Gasteiger partial charge on any atom is 0.0442 e. The van der Waals surface area contributed by atoms with Crippen LogP contribution >= 0.6 is 0 Å². The molecule has 1 heteroatoms. The molecule has 1 aliphatic rings. The van der Waals surface area contributed by atoms with E-state index in [2.05, 4.69) is 19.6 Å². The summed E-state index contributed by atoms with van der Waals surface area (Å²) in [5.74, 6) is 1.10. The predicted octanol–water partition coefficient (Wildman–Crippen LogP) is 5.08. The Bertz CT molecular complexity index is 140. The van der Waals surface area contributed by atoms with E-state index in [1.54, 1.807) is 6.04 Å². The molecule has 0 amide bonds. The van der Waals surface area contributed by atoms with Gasteiger partial charge in [0.25, 0.3) is 0 Å². The lowest BCUT2D eigenvalue weighted by Gasteiger charge is -2.22. The monoisotopic (exact) mass is 212 g/mol. The maximum absolute atomic E-state index is 2.49. The van der Waals surface area contributed by atoms with Crippen molar-refractivity contribution in [2.24, 2.45) is 5.92 Å². The minimum Gasteiger partial charge on any atom is -0.0695 e. The third-order valence-corrected chi connectivity index (χ3v) is 5.37. The fourth-order valence-corrected chi connectivity index (χ4v) is 3.87. The molecule has 0 aromatic rings. The van der Waals surface area contributed by atoms with Crippen molar-refractivity contribution in [3.63, 3.8) is 0 Å². The van der Waals surface area contributed by atoms with E-state index in [9.17, 15) is 0 Å². The van der Waals surface area contributed by atoms with Gasteiger partial charge in [0.2, 0.25) is 0 Å². The number of hydrogen-bond acceptors (Lipinski definition) is 0. The maximum atomic E-state index is 2.49. The quantitative estimate of drug-likeness (QED) is 0.440. The first-order valence-corrected chi connectivity index (χ1v) is 10.3. The molecular formula is C13H28Si. The molecule has 0 unspecified atom stereocenters. The molecule has 14 heavy (non-hydrogen) atoms. The van der Waals surface area contributed by atoms with Crippen LogP contribution in [0.3, 0.4) is 0 Å². The largest absolute Gasteiger partial charge is 0.0695 e. The van der Waals surface area contributed by atoms with Gasteiger partial charge in [-0.1, -0.05) is 77.1 Å². The molecule has 1 saturated carbocycles. The first-order valence-electron chi connectivity index (χ1n) is 6.58. The normalized spacial score (nSPS) is 19.9. The summed E-state index contributed by atoms with van der Waals surface area (Å²) in [5.41, 5.74) is 0. The lowest BCUT2D eigenvalue weighted by atomic mass is 9.86. The van der Waals surface area contributed by atoms with E-state index in [4.69, 9.17) is 0 Å². The Morgan fingerprint density at radius 3 is 2.14 bits per heavy atom. The topological polar surface area (TPSA) is 0 Å². The van der Waals surface area contributed by atoms with Crippen molar-refractivity contribution in [1.29, 1.82) is 0 Å². The van der Waals surface area contributed by atoms with Gasteiger partial charge < -0.3 is 0 Å². The summed E-state index contributed by atoms with van der Waals surface area (Å²) in [7, 11) is -0.744. The van der Waals surface area contributed by atoms with Crippen LogP contribution in [0, 0.1) is 5.92 Å². The average Bonchev–Trinajstić information content (AvgIpc) is 2.13. The molecule has 84 valence electrons. The van der Waals surface area contributed by atoms with Gasteiger partial charge in [0.1, 0.15) is 0 Å². The van der Waals surface area contributed by atoms with Crippen LogP contribution in [0.15, 0.2) is 0 Å². The van der Waals surface area contributed by atoms with Crippen molar-refractivity contribution < 1.29 is 0 Å². The van der Waals surface area contributed by atoms with E-state index in [1.807, 2.05) is 0 Å². The zero-order chi connectivity index (χ0) is 10.4. The lowest BCUT2D eigenvalue weighted by molar-refractivity contribution is 0.331. The minimum atomic E-state index is -0.744. The second-order valence-electron chi connectivity index (χ2n) is 6.31. The van der Waals surface area contributed by atoms with E-state index in [1.165, 1.54) is 51.4 Å². The third kappa shape index (κ3) is 5.84.